The molecule has 1 aliphatic heterocycles. The molecule has 2 unspecified atom stereocenters. The lowest BCUT2D eigenvalue weighted by molar-refractivity contribution is 0.683. The number of aromatic nitrogens is 2. The van der Waals surface area contributed by atoms with Crippen LogP contribution in [0, 0.1) is 5.92 Å². The molecular formula is C19H19N5. The number of nitrogens with zero attached hydrogens (tertiary/aromatic N) is 3. The first-order valence-corrected chi connectivity index (χ1v) is 8.09. The van der Waals surface area contributed by atoms with E-state index in [-0.39, 0.29) is 0 Å². The number of allylic oxidation sites excluding steroid dienone is 2. The van der Waals surface area contributed by atoms with E-state index in [1.165, 1.54) is 11.1 Å². The number of rotatable bonds is 3. The molecular weight excluding hydrogens is 298 g/mol. The third-order valence-corrected chi connectivity index (χ3v) is 4.47. The average Bonchev–Trinajstić information content (AvgIpc) is 3.00. The minimum absolute atomic E-state index is 0.313. The Morgan fingerprint density at radius 1 is 1.29 bits per heavy atom. The van der Waals surface area contributed by atoms with Crippen LogP contribution in [0.4, 0.5) is 11.6 Å². The molecule has 0 saturated carbocycles. The summed E-state index contributed by atoms with van der Waals surface area (Å²) in [5.41, 5.74) is 7.38. The van der Waals surface area contributed by atoms with Gasteiger partial charge in [0.25, 0.3) is 0 Å². The van der Waals surface area contributed by atoms with Gasteiger partial charge in [-0.2, -0.15) is 5.10 Å². The second-order valence-electron chi connectivity index (χ2n) is 6.13. The molecule has 5 nitrogen and oxygen atoms in total. The molecule has 2 aromatic heterocycles. The maximum Gasteiger partial charge on any atom is 0.148 e. The fourth-order valence-electron chi connectivity index (χ4n) is 3.09. The Morgan fingerprint density at radius 3 is 3.04 bits per heavy atom. The van der Waals surface area contributed by atoms with Crippen molar-refractivity contribution >= 4 is 22.9 Å². The van der Waals surface area contributed by atoms with E-state index in [2.05, 4.69) is 57.0 Å². The molecule has 4 rings (SSSR count). The normalized spacial score (nSPS) is 21.6. The maximum atomic E-state index is 4.66. The second kappa shape index (κ2) is 5.92. The van der Waals surface area contributed by atoms with Crippen molar-refractivity contribution in [3.05, 3.63) is 66.0 Å². The first kappa shape index (κ1) is 14.6. The van der Waals surface area contributed by atoms with Crippen molar-refractivity contribution in [1.29, 1.82) is 0 Å². The summed E-state index contributed by atoms with van der Waals surface area (Å²) in [4.78, 5) is 8.77. The third kappa shape index (κ3) is 2.58. The first-order chi connectivity index (χ1) is 11.7. The molecule has 0 radical (unpaired) electrons. The number of fused-ring (bicyclic) bond motifs is 3. The van der Waals surface area contributed by atoms with Crippen LogP contribution in [0.25, 0.3) is 5.57 Å². The zero-order valence-electron chi connectivity index (χ0n) is 13.7. The molecule has 0 fully saturated rings. The van der Waals surface area contributed by atoms with E-state index in [1.54, 1.807) is 12.4 Å². The largest absolute Gasteiger partial charge is 0.362 e. The van der Waals surface area contributed by atoms with Gasteiger partial charge in [-0.05, 0) is 36.6 Å². The Balaban J connectivity index is 1.56. The van der Waals surface area contributed by atoms with Crippen molar-refractivity contribution in [2.75, 3.05) is 10.7 Å². The van der Waals surface area contributed by atoms with Crippen LogP contribution >= 0.6 is 0 Å². The summed E-state index contributed by atoms with van der Waals surface area (Å²) in [6.07, 6.45) is 10.1. The standard InChI is InChI=1S/C19H19N5/c1-12-5-3-7-15-16-8-9-17(21-19(16)22-18(12)15)24-23-13(2)14-6-4-10-20-11-14/h3-12,18H,1-2H3,(H2,21,22,24)/b23-13+. The van der Waals surface area contributed by atoms with Crippen molar-refractivity contribution < 1.29 is 0 Å². The summed E-state index contributed by atoms with van der Waals surface area (Å²) in [6.45, 7) is 4.16. The molecule has 0 aromatic carbocycles. The molecule has 2 N–H and O–H groups in total. The van der Waals surface area contributed by atoms with Crippen molar-refractivity contribution in [2.45, 2.75) is 19.9 Å². The Hall–Kier alpha value is -2.95. The molecule has 0 saturated heterocycles. The van der Waals surface area contributed by atoms with Crippen LogP contribution in [0.2, 0.25) is 0 Å². The fraction of sp³-hybridized carbons (Fsp3) is 0.211. The lowest BCUT2D eigenvalue weighted by atomic mass is 9.89. The summed E-state index contributed by atoms with van der Waals surface area (Å²) in [6, 6.07) is 8.26. The number of nitrogens with one attached hydrogen (secondary N) is 2. The lowest BCUT2D eigenvalue weighted by Gasteiger charge is -2.20. The number of pyridine rings is 2. The van der Waals surface area contributed by atoms with Gasteiger partial charge in [-0.25, -0.2) is 4.98 Å². The highest BCUT2D eigenvalue weighted by atomic mass is 15.3. The third-order valence-electron chi connectivity index (χ3n) is 4.47. The average molecular weight is 317 g/mol. The van der Waals surface area contributed by atoms with E-state index < -0.39 is 0 Å². The minimum atomic E-state index is 0.313. The zero-order valence-corrected chi connectivity index (χ0v) is 13.7. The highest BCUT2D eigenvalue weighted by Gasteiger charge is 2.31. The molecule has 0 spiro atoms. The van der Waals surface area contributed by atoms with Gasteiger partial charge in [-0.15, -0.1) is 0 Å². The SMILES string of the molecule is C/C(=N\Nc1ccc2c(n1)NC1C2=CC=CC1C)c1cccnc1. The van der Waals surface area contributed by atoms with Crippen LogP contribution in [0.5, 0.6) is 0 Å². The van der Waals surface area contributed by atoms with Gasteiger partial charge < -0.3 is 5.32 Å². The number of hydrazone groups is 1. The van der Waals surface area contributed by atoms with Crippen molar-refractivity contribution in [1.82, 2.24) is 9.97 Å². The molecule has 2 aliphatic rings. The molecule has 24 heavy (non-hydrogen) atoms. The predicted octanol–water partition coefficient (Wildman–Crippen LogP) is 3.70. The molecule has 2 aromatic rings. The van der Waals surface area contributed by atoms with Gasteiger partial charge in [0.05, 0.1) is 11.8 Å². The predicted molar refractivity (Wildman–Crippen MR) is 98.0 cm³/mol. The second-order valence-corrected chi connectivity index (χ2v) is 6.13. The Labute approximate surface area is 141 Å². The molecule has 3 heterocycles. The van der Waals surface area contributed by atoms with Crippen molar-refractivity contribution in [2.24, 2.45) is 11.0 Å². The van der Waals surface area contributed by atoms with Gasteiger partial charge in [0, 0.05) is 23.5 Å². The van der Waals surface area contributed by atoms with Crippen LogP contribution in [0.15, 0.2) is 60.0 Å². The van der Waals surface area contributed by atoms with E-state index in [0.29, 0.717) is 12.0 Å². The monoisotopic (exact) mass is 317 g/mol. The van der Waals surface area contributed by atoms with Gasteiger partial charge in [-0.3, -0.25) is 10.4 Å². The van der Waals surface area contributed by atoms with E-state index in [1.807, 2.05) is 25.1 Å². The van der Waals surface area contributed by atoms with Gasteiger partial charge in [0.2, 0.25) is 0 Å². The molecule has 2 atom stereocenters. The molecule has 5 heteroatoms. The van der Waals surface area contributed by atoms with Gasteiger partial charge in [0.1, 0.15) is 11.6 Å². The summed E-state index contributed by atoms with van der Waals surface area (Å²) >= 11 is 0. The molecule has 0 amide bonds. The number of hydrogen-bond acceptors (Lipinski definition) is 5. The highest BCUT2D eigenvalue weighted by molar-refractivity contribution is 5.98. The van der Waals surface area contributed by atoms with Crippen LogP contribution in [-0.4, -0.2) is 21.7 Å². The Kier molecular flexibility index (Phi) is 3.61. The molecule has 1 aliphatic carbocycles. The van der Waals surface area contributed by atoms with E-state index in [0.717, 1.165) is 22.9 Å². The smallest absolute Gasteiger partial charge is 0.148 e. The number of anilines is 2. The Bertz CT molecular complexity index is 851. The zero-order chi connectivity index (χ0) is 16.5. The van der Waals surface area contributed by atoms with Gasteiger partial charge >= 0.3 is 0 Å². The minimum Gasteiger partial charge on any atom is -0.362 e. The Morgan fingerprint density at radius 2 is 2.21 bits per heavy atom. The fourth-order valence-corrected chi connectivity index (χ4v) is 3.09. The lowest BCUT2D eigenvalue weighted by Crippen LogP contribution is -2.24. The topological polar surface area (TPSA) is 62.2 Å². The van der Waals surface area contributed by atoms with E-state index >= 15 is 0 Å². The van der Waals surface area contributed by atoms with E-state index in [4.69, 9.17) is 0 Å². The van der Waals surface area contributed by atoms with Crippen molar-refractivity contribution in [3.8, 4) is 0 Å². The van der Waals surface area contributed by atoms with Gasteiger partial charge in [-0.1, -0.05) is 31.2 Å². The highest BCUT2D eigenvalue weighted by Crippen LogP contribution is 2.39. The molecule has 120 valence electrons. The summed E-state index contributed by atoms with van der Waals surface area (Å²) < 4.78 is 0. The van der Waals surface area contributed by atoms with E-state index in [9.17, 15) is 0 Å². The van der Waals surface area contributed by atoms with Crippen LogP contribution in [0.1, 0.15) is 25.0 Å². The molecule has 0 bridgehead atoms. The summed E-state index contributed by atoms with van der Waals surface area (Å²) in [5, 5.41) is 7.92. The summed E-state index contributed by atoms with van der Waals surface area (Å²) in [5.74, 6) is 2.10. The van der Waals surface area contributed by atoms with Crippen LogP contribution in [0.3, 0.4) is 0 Å². The number of hydrogen-bond donors (Lipinski definition) is 2. The van der Waals surface area contributed by atoms with Crippen LogP contribution < -0.4 is 10.7 Å². The summed E-state index contributed by atoms with van der Waals surface area (Å²) in [7, 11) is 0. The van der Waals surface area contributed by atoms with Crippen molar-refractivity contribution in [3.63, 3.8) is 0 Å². The van der Waals surface area contributed by atoms with Crippen LogP contribution in [-0.2, 0) is 0 Å². The van der Waals surface area contributed by atoms with Gasteiger partial charge in [0.15, 0.2) is 0 Å². The first-order valence-electron chi connectivity index (χ1n) is 8.09. The quantitative estimate of drug-likeness (QED) is 0.669. The maximum absolute atomic E-state index is 4.66.